The summed E-state index contributed by atoms with van der Waals surface area (Å²) in [5.74, 6) is 6.19. The molecule has 0 aliphatic rings. The van der Waals surface area contributed by atoms with E-state index in [9.17, 15) is 4.79 Å². The van der Waals surface area contributed by atoms with Gasteiger partial charge in [-0.25, -0.2) is 4.98 Å². The highest BCUT2D eigenvalue weighted by Gasteiger charge is 2.08. The predicted molar refractivity (Wildman–Crippen MR) is 79.3 cm³/mol. The van der Waals surface area contributed by atoms with E-state index >= 15 is 0 Å². The standard InChI is InChI=1S/C15H17N5O/c1-11-8-13(6-5-12(11)4-3-7-16)15(21)17-9-14-18-10-20(2)19-14/h5-6,8,10H,7,9,16H2,1-2H3,(H,17,21). The Morgan fingerprint density at radius 3 is 2.90 bits per heavy atom. The van der Waals surface area contributed by atoms with Crippen LogP contribution in [0.25, 0.3) is 0 Å². The largest absolute Gasteiger partial charge is 0.345 e. The molecule has 1 aromatic heterocycles. The molecule has 1 amide bonds. The molecule has 0 saturated carbocycles. The van der Waals surface area contributed by atoms with Crippen LogP contribution in [0.15, 0.2) is 24.5 Å². The Bertz CT molecular complexity index is 708. The van der Waals surface area contributed by atoms with Gasteiger partial charge in [0, 0.05) is 18.2 Å². The van der Waals surface area contributed by atoms with E-state index in [1.807, 2.05) is 19.1 Å². The van der Waals surface area contributed by atoms with Crippen LogP contribution in [0.3, 0.4) is 0 Å². The van der Waals surface area contributed by atoms with E-state index in [1.54, 1.807) is 24.1 Å². The van der Waals surface area contributed by atoms with Crippen molar-refractivity contribution in [2.24, 2.45) is 12.8 Å². The average molecular weight is 283 g/mol. The fourth-order valence-corrected chi connectivity index (χ4v) is 1.82. The van der Waals surface area contributed by atoms with Gasteiger partial charge in [-0.1, -0.05) is 11.8 Å². The zero-order valence-corrected chi connectivity index (χ0v) is 12.1. The summed E-state index contributed by atoms with van der Waals surface area (Å²) in [6.45, 7) is 2.53. The number of nitrogens with two attached hydrogens (primary N) is 1. The third-order valence-electron chi connectivity index (χ3n) is 2.87. The topological polar surface area (TPSA) is 85.8 Å². The van der Waals surface area contributed by atoms with Crippen molar-refractivity contribution in [3.8, 4) is 11.8 Å². The van der Waals surface area contributed by atoms with Crippen LogP contribution in [-0.2, 0) is 13.6 Å². The molecule has 108 valence electrons. The minimum atomic E-state index is -0.163. The van der Waals surface area contributed by atoms with Crippen molar-refractivity contribution in [2.75, 3.05) is 6.54 Å². The Morgan fingerprint density at radius 2 is 2.29 bits per heavy atom. The maximum absolute atomic E-state index is 12.1. The highest BCUT2D eigenvalue weighted by molar-refractivity contribution is 5.94. The van der Waals surface area contributed by atoms with Gasteiger partial charge in [0.25, 0.3) is 5.91 Å². The summed E-state index contributed by atoms with van der Waals surface area (Å²) >= 11 is 0. The molecule has 0 atom stereocenters. The number of amides is 1. The van der Waals surface area contributed by atoms with Crippen LogP contribution in [0.5, 0.6) is 0 Å². The fraction of sp³-hybridized carbons (Fsp3) is 0.267. The van der Waals surface area contributed by atoms with Crippen LogP contribution in [0.2, 0.25) is 0 Å². The number of nitrogens with zero attached hydrogens (tertiary/aromatic N) is 3. The highest BCUT2D eigenvalue weighted by atomic mass is 16.1. The van der Waals surface area contributed by atoms with Gasteiger partial charge in [0.1, 0.15) is 6.33 Å². The second-order valence-corrected chi connectivity index (χ2v) is 4.55. The molecular formula is C15H17N5O. The van der Waals surface area contributed by atoms with Crippen molar-refractivity contribution < 1.29 is 4.79 Å². The summed E-state index contributed by atoms with van der Waals surface area (Å²) in [5.41, 5.74) is 7.76. The molecule has 0 aliphatic carbocycles. The lowest BCUT2D eigenvalue weighted by Gasteiger charge is -2.05. The first-order chi connectivity index (χ1) is 10.1. The van der Waals surface area contributed by atoms with E-state index in [2.05, 4.69) is 27.2 Å². The van der Waals surface area contributed by atoms with Crippen molar-refractivity contribution >= 4 is 5.91 Å². The van der Waals surface area contributed by atoms with Crippen molar-refractivity contribution in [3.05, 3.63) is 47.0 Å². The maximum Gasteiger partial charge on any atom is 0.251 e. The Labute approximate surface area is 123 Å². The molecule has 2 rings (SSSR count). The molecule has 21 heavy (non-hydrogen) atoms. The van der Waals surface area contributed by atoms with Gasteiger partial charge < -0.3 is 11.1 Å². The molecule has 6 heteroatoms. The second kappa shape index (κ2) is 6.68. The van der Waals surface area contributed by atoms with E-state index in [0.29, 0.717) is 24.5 Å². The van der Waals surface area contributed by atoms with Gasteiger partial charge in [-0.2, -0.15) is 5.10 Å². The van der Waals surface area contributed by atoms with E-state index in [1.165, 1.54) is 0 Å². The Kier molecular flexibility index (Phi) is 4.69. The van der Waals surface area contributed by atoms with Crippen LogP contribution in [0.1, 0.15) is 27.3 Å². The number of aromatic nitrogens is 3. The van der Waals surface area contributed by atoms with Crippen LogP contribution >= 0.6 is 0 Å². The van der Waals surface area contributed by atoms with E-state index in [-0.39, 0.29) is 5.91 Å². The molecular weight excluding hydrogens is 266 g/mol. The molecule has 0 unspecified atom stereocenters. The number of nitrogens with one attached hydrogen (secondary N) is 1. The van der Waals surface area contributed by atoms with Crippen LogP contribution in [-0.4, -0.2) is 27.2 Å². The van der Waals surface area contributed by atoms with Gasteiger partial charge in [-0.05, 0) is 30.7 Å². The monoisotopic (exact) mass is 283 g/mol. The average Bonchev–Trinajstić information content (AvgIpc) is 2.89. The molecule has 0 spiro atoms. The summed E-state index contributed by atoms with van der Waals surface area (Å²) in [4.78, 5) is 16.1. The second-order valence-electron chi connectivity index (χ2n) is 4.55. The molecule has 1 aromatic carbocycles. The number of hydrogen-bond donors (Lipinski definition) is 2. The lowest BCUT2D eigenvalue weighted by Crippen LogP contribution is -2.23. The lowest BCUT2D eigenvalue weighted by molar-refractivity contribution is 0.0950. The van der Waals surface area contributed by atoms with E-state index in [0.717, 1.165) is 11.1 Å². The summed E-state index contributed by atoms with van der Waals surface area (Å²) in [6.07, 6.45) is 1.59. The first-order valence-corrected chi connectivity index (χ1v) is 6.52. The number of carbonyl (C=O) groups is 1. The minimum absolute atomic E-state index is 0.163. The van der Waals surface area contributed by atoms with Crippen molar-refractivity contribution in [3.63, 3.8) is 0 Å². The third kappa shape index (κ3) is 3.91. The normalized spacial score (nSPS) is 9.86. The first kappa shape index (κ1) is 14.8. The molecule has 0 bridgehead atoms. The lowest BCUT2D eigenvalue weighted by atomic mass is 10.0. The number of carbonyl (C=O) groups excluding carboxylic acids is 1. The molecule has 1 heterocycles. The van der Waals surface area contributed by atoms with Crippen LogP contribution in [0, 0.1) is 18.8 Å². The van der Waals surface area contributed by atoms with Crippen LogP contribution < -0.4 is 11.1 Å². The summed E-state index contributed by atoms with van der Waals surface area (Å²) in [5, 5.41) is 6.89. The van der Waals surface area contributed by atoms with Gasteiger partial charge in [0.2, 0.25) is 0 Å². The molecule has 0 radical (unpaired) electrons. The number of hydrogen-bond acceptors (Lipinski definition) is 4. The van der Waals surface area contributed by atoms with E-state index in [4.69, 9.17) is 5.73 Å². The summed E-state index contributed by atoms with van der Waals surface area (Å²) in [6, 6.07) is 5.38. The molecule has 2 aromatic rings. The Hall–Kier alpha value is -2.65. The van der Waals surface area contributed by atoms with Gasteiger partial charge in [0.15, 0.2) is 5.82 Å². The molecule has 3 N–H and O–H groups in total. The predicted octanol–water partition coefficient (Wildman–Crippen LogP) is 0.364. The Morgan fingerprint density at radius 1 is 1.48 bits per heavy atom. The van der Waals surface area contributed by atoms with E-state index < -0.39 is 0 Å². The Balaban J connectivity index is 2.04. The summed E-state index contributed by atoms with van der Waals surface area (Å²) in [7, 11) is 1.78. The first-order valence-electron chi connectivity index (χ1n) is 6.52. The van der Waals surface area contributed by atoms with Crippen molar-refractivity contribution in [2.45, 2.75) is 13.5 Å². The van der Waals surface area contributed by atoms with Crippen molar-refractivity contribution in [1.82, 2.24) is 20.1 Å². The quantitative estimate of drug-likeness (QED) is 0.797. The van der Waals surface area contributed by atoms with Gasteiger partial charge in [-0.15, -0.1) is 0 Å². The molecule has 0 aliphatic heterocycles. The smallest absolute Gasteiger partial charge is 0.251 e. The SMILES string of the molecule is Cc1cc(C(=O)NCc2ncn(C)n2)ccc1C#CCN. The number of benzene rings is 1. The van der Waals surface area contributed by atoms with Gasteiger partial charge in [0.05, 0.1) is 13.1 Å². The fourth-order valence-electron chi connectivity index (χ4n) is 1.82. The number of rotatable bonds is 3. The molecule has 6 nitrogen and oxygen atoms in total. The molecule has 0 saturated heterocycles. The van der Waals surface area contributed by atoms with Gasteiger partial charge in [-0.3, -0.25) is 9.48 Å². The van der Waals surface area contributed by atoms with Crippen LogP contribution in [0.4, 0.5) is 0 Å². The zero-order valence-electron chi connectivity index (χ0n) is 12.1. The summed E-state index contributed by atoms with van der Waals surface area (Å²) < 4.78 is 1.59. The number of aryl methyl sites for hydroxylation is 2. The molecule has 0 fully saturated rings. The van der Waals surface area contributed by atoms with Crippen molar-refractivity contribution in [1.29, 1.82) is 0 Å². The maximum atomic E-state index is 12.1. The van der Waals surface area contributed by atoms with Gasteiger partial charge >= 0.3 is 0 Å². The minimum Gasteiger partial charge on any atom is -0.345 e. The zero-order chi connectivity index (χ0) is 15.2. The highest BCUT2D eigenvalue weighted by Crippen LogP contribution is 2.10. The third-order valence-corrected chi connectivity index (χ3v) is 2.87.